The summed E-state index contributed by atoms with van der Waals surface area (Å²) in [5.74, 6) is 0. The van der Waals surface area contributed by atoms with Gasteiger partial charge in [-0.05, 0) is 36.8 Å². The number of rotatable bonds is 5. The minimum atomic E-state index is -0.540. The summed E-state index contributed by atoms with van der Waals surface area (Å²) < 4.78 is 0. The molecule has 4 heteroatoms. The number of aliphatic hydroxyl groups is 1. The lowest BCUT2D eigenvalue weighted by atomic mass is 10.1. The maximum absolute atomic E-state index is 10.0. The van der Waals surface area contributed by atoms with Crippen LogP contribution >= 0.6 is 11.6 Å². The predicted molar refractivity (Wildman–Crippen MR) is 77.1 cm³/mol. The van der Waals surface area contributed by atoms with Crippen LogP contribution in [0, 0.1) is 6.92 Å². The Kier molecular flexibility index (Phi) is 4.91. The van der Waals surface area contributed by atoms with Crippen LogP contribution < -0.4 is 5.32 Å². The summed E-state index contributed by atoms with van der Waals surface area (Å²) in [7, 11) is 0. The van der Waals surface area contributed by atoms with Gasteiger partial charge in [0.25, 0.3) is 0 Å². The first-order chi connectivity index (χ1) is 9.15. The van der Waals surface area contributed by atoms with Crippen molar-refractivity contribution in [2.24, 2.45) is 0 Å². The number of nitrogens with zero attached hydrogens (tertiary/aromatic N) is 1. The first-order valence-corrected chi connectivity index (χ1v) is 6.60. The van der Waals surface area contributed by atoms with E-state index in [1.807, 2.05) is 37.3 Å². The fraction of sp³-hybridized carbons (Fsp3) is 0.267. The van der Waals surface area contributed by atoms with Gasteiger partial charge in [-0.25, -0.2) is 0 Å². The summed E-state index contributed by atoms with van der Waals surface area (Å²) >= 11 is 5.81. The summed E-state index contributed by atoms with van der Waals surface area (Å²) in [6.45, 7) is 3.09. The monoisotopic (exact) mass is 276 g/mol. The molecule has 0 spiro atoms. The van der Waals surface area contributed by atoms with Crippen LogP contribution in [-0.2, 0) is 6.54 Å². The van der Waals surface area contributed by atoms with Crippen molar-refractivity contribution < 1.29 is 5.11 Å². The second-order valence-electron chi connectivity index (χ2n) is 4.47. The highest BCUT2D eigenvalue weighted by Gasteiger charge is 2.06. The van der Waals surface area contributed by atoms with E-state index < -0.39 is 6.10 Å². The zero-order valence-electron chi connectivity index (χ0n) is 10.8. The summed E-state index contributed by atoms with van der Waals surface area (Å²) in [5, 5.41) is 13.9. The maximum Gasteiger partial charge on any atom is 0.0914 e. The lowest BCUT2D eigenvalue weighted by Crippen LogP contribution is -2.21. The van der Waals surface area contributed by atoms with Gasteiger partial charge in [0.15, 0.2) is 0 Å². The zero-order chi connectivity index (χ0) is 13.7. The molecule has 0 aliphatic carbocycles. The van der Waals surface area contributed by atoms with Gasteiger partial charge < -0.3 is 10.4 Å². The highest BCUT2D eigenvalue weighted by atomic mass is 35.5. The Hall–Kier alpha value is -1.42. The molecule has 2 N–H and O–H groups in total. The molecule has 0 saturated carbocycles. The molecular formula is C15H17ClN2O. The van der Waals surface area contributed by atoms with Crippen LogP contribution in [0.1, 0.15) is 23.1 Å². The van der Waals surface area contributed by atoms with Crippen molar-refractivity contribution >= 4 is 11.6 Å². The van der Waals surface area contributed by atoms with E-state index in [0.717, 1.165) is 17.0 Å². The summed E-state index contributed by atoms with van der Waals surface area (Å²) in [4.78, 5) is 4.39. The van der Waals surface area contributed by atoms with Crippen LogP contribution in [0.15, 0.2) is 42.5 Å². The number of nitrogens with one attached hydrogen (secondary N) is 1. The van der Waals surface area contributed by atoms with Crippen LogP contribution in [0.25, 0.3) is 0 Å². The largest absolute Gasteiger partial charge is 0.387 e. The third kappa shape index (κ3) is 4.31. The van der Waals surface area contributed by atoms with Crippen LogP contribution in [0.4, 0.5) is 0 Å². The molecule has 19 heavy (non-hydrogen) atoms. The van der Waals surface area contributed by atoms with Gasteiger partial charge in [-0.15, -0.1) is 0 Å². The predicted octanol–water partition coefficient (Wildman–Crippen LogP) is 2.87. The summed E-state index contributed by atoms with van der Waals surface area (Å²) in [6, 6.07) is 13.1. The van der Waals surface area contributed by atoms with Crippen LogP contribution in [-0.4, -0.2) is 16.6 Å². The van der Waals surface area contributed by atoms with E-state index in [0.29, 0.717) is 18.1 Å². The first kappa shape index (κ1) is 14.0. The number of pyridine rings is 1. The number of hydrogen-bond donors (Lipinski definition) is 2. The Morgan fingerprint density at radius 1 is 1.21 bits per heavy atom. The fourth-order valence-electron chi connectivity index (χ4n) is 1.84. The van der Waals surface area contributed by atoms with Gasteiger partial charge in [-0.2, -0.15) is 0 Å². The van der Waals surface area contributed by atoms with Crippen molar-refractivity contribution in [3.63, 3.8) is 0 Å². The average Bonchev–Trinajstić information content (AvgIpc) is 2.39. The van der Waals surface area contributed by atoms with E-state index in [1.165, 1.54) is 0 Å². The van der Waals surface area contributed by atoms with E-state index in [-0.39, 0.29) is 0 Å². The van der Waals surface area contributed by atoms with E-state index in [1.54, 1.807) is 12.1 Å². The van der Waals surface area contributed by atoms with Crippen molar-refractivity contribution in [2.45, 2.75) is 19.6 Å². The number of halogens is 1. The molecule has 0 fully saturated rings. The molecule has 3 nitrogen and oxygen atoms in total. The van der Waals surface area contributed by atoms with Gasteiger partial charge in [0.1, 0.15) is 0 Å². The molecule has 1 aromatic heterocycles. The normalized spacial score (nSPS) is 12.4. The molecule has 0 aliphatic rings. The van der Waals surface area contributed by atoms with Gasteiger partial charge in [-0.3, -0.25) is 4.98 Å². The average molecular weight is 277 g/mol. The molecule has 100 valence electrons. The maximum atomic E-state index is 10.0. The molecule has 2 rings (SSSR count). The van der Waals surface area contributed by atoms with E-state index >= 15 is 0 Å². The van der Waals surface area contributed by atoms with E-state index in [4.69, 9.17) is 11.6 Å². The quantitative estimate of drug-likeness (QED) is 0.883. The molecule has 0 radical (unpaired) electrons. The second kappa shape index (κ2) is 6.66. The van der Waals surface area contributed by atoms with Gasteiger partial charge in [0.05, 0.1) is 11.8 Å². The fourth-order valence-corrected chi connectivity index (χ4v) is 1.96. The van der Waals surface area contributed by atoms with E-state index in [2.05, 4.69) is 10.3 Å². The standard InChI is InChI=1S/C15H17ClN2O/c1-11-3-2-4-14(18-11)9-17-10-15(19)12-5-7-13(16)8-6-12/h2-8,15,17,19H,9-10H2,1H3. The summed E-state index contributed by atoms with van der Waals surface area (Å²) in [5.41, 5.74) is 2.83. The van der Waals surface area contributed by atoms with Crippen molar-refractivity contribution in [3.8, 4) is 0 Å². The minimum Gasteiger partial charge on any atom is -0.387 e. The topological polar surface area (TPSA) is 45.1 Å². The second-order valence-corrected chi connectivity index (χ2v) is 4.90. The van der Waals surface area contributed by atoms with Crippen molar-refractivity contribution in [3.05, 3.63) is 64.4 Å². The Labute approximate surface area is 118 Å². The van der Waals surface area contributed by atoms with Crippen LogP contribution in [0.5, 0.6) is 0 Å². The van der Waals surface area contributed by atoms with Crippen molar-refractivity contribution in [1.29, 1.82) is 0 Å². The van der Waals surface area contributed by atoms with Crippen molar-refractivity contribution in [1.82, 2.24) is 10.3 Å². The first-order valence-electron chi connectivity index (χ1n) is 6.22. The molecule has 0 saturated heterocycles. The van der Waals surface area contributed by atoms with E-state index in [9.17, 15) is 5.11 Å². The number of aliphatic hydroxyl groups excluding tert-OH is 1. The number of aromatic nitrogens is 1. The Bertz CT molecular complexity index is 528. The summed E-state index contributed by atoms with van der Waals surface area (Å²) in [6.07, 6.45) is -0.540. The SMILES string of the molecule is Cc1cccc(CNCC(O)c2ccc(Cl)cc2)n1. The Morgan fingerprint density at radius 3 is 2.63 bits per heavy atom. The molecule has 1 atom stereocenters. The Morgan fingerprint density at radius 2 is 1.95 bits per heavy atom. The van der Waals surface area contributed by atoms with Gasteiger partial charge in [-0.1, -0.05) is 29.8 Å². The lowest BCUT2D eigenvalue weighted by molar-refractivity contribution is 0.174. The third-order valence-electron chi connectivity index (χ3n) is 2.84. The molecule has 1 aromatic carbocycles. The highest BCUT2D eigenvalue weighted by molar-refractivity contribution is 6.30. The van der Waals surface area contributed by atoms with Crippen molar-refractivity contribution in [2.75, 3.05) is 6.54 Å². The van der Waals surface area contributed by atoms with Crippen LogP contribution in [0.3, 0.4) is 0 Å². The van der Waals surface area contributed by atoms with Gasteiger partial charge in [0.2, 0.25) is 0 Å². The molecule has 0 bridgehead atoms. The van der Waals surface area contributed by atoms with Gasteiger partial charge >= 0.3 is 0 Å². The number of hydrogen-bond acceptors (Lipinski definition) is 3. The molecule has 2 aromatic rings. The highest BCUT2D eigenvalue weighted by Crippen LogP contribution is 2.15. The molecule has 0 amide bonds. The number of aryl methyl sites for hydroxylation is 1. The lowest BCUT2D eigenvalue weighted by Gasteiger charge is -2.12. The smallest absolute Gasteiger partial charge is 0.0914 e. The third-order valence-corrected chi connectivity index (χ3v) is 3.10. The molecule has 0 aliphatic heterocycles. The zero-order valence-corrected chi connectivity index (χ0v) is 11.6. The Balaban J connectivity index is 1.84. The molecule has 1 unspecified atom stereocenters. The minimum absolute atomic E-state index is 0.483. The van der Waals surface area contributed by atoms with Crippen LogP contribution in [0.2, 0.25) is 5.02 Å². The molecular weight excluding hydrogens is 260 g/mol. The molecule has 1 heterocycles. The number of benzene rings is 1. The van der Waals surface area contributed by atoms with Gasteiger partial charge in [0, 0.05) is 23.8 Å².